The van der Waals surface area contributed by atoms with E-state index in [2.05, 4.69) is 4.74 Å². The molecule has 14 heavy (non-hydrogen) atoms. The van der Waals surface area contributed by atoms with Crippen molar-refractivity contribution in [3.05, 3.63) is 17.6 Å². The van der Waals surface area contributed by atoms with Gasteiger partial charge in [-0.2, -0.15) is 0 Å². The van der Waals surface area contributed by atoms with E-state index in [9.17, 15) is 9.59 Å². The molecule has 0 spiro atoms. The van der Waals surface area contributed by atoms with Crippen molar-refractivity contribution in [2.24, 2.45) is 0 Å². The molecule has 0 saturated carbocycles. The van der Waals surface area contributed by atoms with Crippen molar-refractivity contribution >= 4 is 17.6 Å². The van der Waals surface area contributed by atoms with E-state index in [1.807, 2.05) is 0 Å². The molecule has 1 heterocycles. The smallest absolute Gasteiger partial charge is 0.376 e. The first-order valence-corrected chi connectivity index (χ1v) is 3.85. The number of aromatic carboxylic acids is 1. The number of hydrogen-bond donors (Lipinski definition) is 2. The fourth-order valence-corrected chi connectivity index (χ4v) is 0.887. The fourth-order valence-electron chi connectivity index (χ4n) is 0.887. The van der Waals surface area contributed by atoms with Gasteiger partial charge in [-0.3, -0.25) is 0 Å². The Bertz CT molecular complexity index is 368. The van der Waals surface area contributed by atoms with Crippen LogP contribution in [0.5, 0.6) is 0 Å². The van der Waals surface area contributed by atoms with Crippen molar-refractivity contribution < 1.29 is 23.8 Å². The van der Waals surface area contributed by atoms with Crippen molar-refractivity contribution in [1.82, 2.24) is 0 Å². The van der Waals surface area contributed by atoms with Crippen molar-refractivity contribution in [2.45, 2.75) is 6.92 Å². The molecule has 0 amide bonds. The zero-order valence-corrected chi connectivity index (χ0v) is 7.44. The van der Waals surface area contributed by atoms with E-state index in [-0.39, 0.29) is 23.6 Å². The van der Waals surface area contributed by atoms with Crippen molar-refractivity contribution in [2.75, 3.05) is 12.3 Å². The Morgan fingerprint density at radius 1 is 1.64 bits per heavy atom. The minimum absolute atomic E-state index is 0.168. The first-order chi connectivity index (χ1) is 6.57. The summed E-state index contributed by atoms with van der Waals surface area (Å²) in [6.07, 6.45) is 0.907. The van der Waals surface area contributed by atoms with Crippen molar-refractivity contribution in [3.8, 4) is 0 Å². The number of carbonyl (C=O) groups is 2. The third kappa shape index (κ3) is 1.68. The predicted octanol–water partition coefficient (Wildman–Crippen LogP) is 0.737. The Balaban J connectivity index is 3.00. The monoisotopic (exact) mass is 199 g/mol. The molecule has 0 atom stereocenters. The molecule has 76 valence electrons. The van der Waals surface area contributed by atoms with Gasteiger partial charge in [-0.15, -0.1) is 0 Å². The van der Waals surface area contributed by atoms with Crippen LogP contribution >= 0.6 is 0 Å². The van der Waals surface area contributed by atoms with Crippen molar-refractivity contribution in [3.63, 3.8) is 0 Å². The van der Waals surface area contributed by atoms with Gasteiger partial charge in [-0.1, -0.05) is 0 Å². The molecule has 0 radical (unpaired) electrons. The van der Waals surface area contributed by atoms with Gasteiger partial charge in [0.05, 0.1) is 6.61 Å². The lowest BCUT2D eigenvalue weighted by atomic mass is 10.2. The highest BCUT2D eigenvalue weighted by molar-refractivity contribution is 6.01. The number of rotatable bonds is 3. The summed E-state index contributed by atoms with van der Waals surface area (Å²) in [6.45, 7) is 1.79. The van der Waals surface area contributed by atoms with E-state index in [1.165, 1.54) is 0 Å². The number of carbonyl (C=O) groups excluding carboxylic acids is 1. The number of hydrogen-bond acceptors (Lipinski definition) is 5. The van der Waals surface area contributed by atoms with E-state index in [4.69, 9.17) is 15.3 Å². The van der Waals surface area contributed by atoms with Gasteiger partial charge < -0.3 is 20.0 Å². The molecule has 0 fully saturated rings. The summed E-state index contributed by atoms with van der Waals surface area (Å²) >= 11 is 0. The van der Waals surface area contributed by atoms with Crippen LogP contribution in [0.1, 0.15) is 27.8 Å². The average Bonchev–Trinajstić information content (AvgIpc) is 2.47. The molecule has 1 rings (SSSR count). The first kappa shape index (κ1) is 10.1. The lowest BCUT2D eigenvalue weighted by Gasteiger charge is -1.98. The largest absolute Gasteiger partial charge is 0.477 e. The Kier molecular flexibility index (Phi) is 2.76. The van der Waals surface area contributed by atoms with Crippen molar-refractivity contribution in [1.29, 1.82) is 0 Å². The summed E-state index contributed by atoms with van der Waals surface area (Å²) in [5.74, 6) is -2.29. The molecule has 6 nitrogen and oxygen atoms in total. The minimum Gasteiger partial charge on any atom is -0.477 e. The molecule has 0 bridgehead atoms. The summed E-state index contributed by atoms with van der Waals surface area (Å²) in [5, 5.41) is 8.60. The molecular formula is C8H9NO5. The van der Waals surface area contributed by atoms with Crippen LogP contribution in [0.15, 0.2) is 10.7 Å². The molecule has 0 aliphatic heterocycles. The summed E-state index contributed by atoms with van der Waals surface area (Å²) < 4.78 is 9.29. The van der Waals surface area contributed by atoms with Gasteiger partial charge in [0, 0.05) is 0 Å². The maximum Gasteiger partial charge on any atom is 0.376 e. The molecule has 0 unspecified atom stereocenters. The minimum atomic E-state index is -1.25. The van der Waals surface area contributed by atoms with Gasteiger partial charge in [-0.05, 0) is 6.92 Å². The Morgan fingerprint density at radius 3 is 2.71 bits per heavy atom. The van der Waals surface area contributed by atoms with Gasteiger partial charge in [-0.25, -0.2) is 9.59 Å². The number of nitrogens with two attached hydrogens (primary N) is 1. The number of ether oxygens (including phenoxy) is 1. The molecule has 0 aromatic carbocycles. The lowest BCUT2D eigenvalue weighted by Crippen LogP contribution is -2.07. The Labute approximate surface area is 79.3 Å². The summed E-state index contributed by atoms with van der Waals surface area (Å²) in [4.78, 5) is 21.6. The molecule has 1 aromatic rings. The SMILES string of the molecule is CCOC(=O)c1occ(C(=O)O)c1N. The van der Waals surface area contributed by atoms with E-state index in [0.717, 1.165) is 6.26 Å². The number of furan rings is 1. The van der Waals surface area contributed by atoms with Crippen LogP contribution in [0.4, 0.5) is 5.69 Å². The summed E-state index contributed by atoms with van der Waals surface area (Å²) in [7, 11) is 0. The highest BCUT2D eigenvalue weighted by atomic mass is 16.5. The predicted molar refractivity (Wildman–Crippen MR) is 46.0 cm³/mol. The maximum absolute atomic E-state index is 11.1. The standard InChI is InChI=1S/C8H9NO5/c1-2-13-8(12)6-5(9)4(3-14-6)7(10)11/h3H,2,9H2,1H3,(H,10,11). The first-order valence-electron chi connectivity index (χ1n) is 3.85. The van der Waals surface area contributed by atoms with Gasteiger partial charge in [0.2, 0.25) is 5.76 Å². The average molecular weight is 199 g/mol. The second-order valence-corrected chi connectivity index (χ2v) is 2.42. The number of carboxylic acids is 1. The molecule has 3 N–H and O–H groups in total. The highest BCUT2D eigenvalue weighted by Crippen LogP contribution is 2.20. The van der Waals surface area contributed by atoms with Crippen LogP contribution in [0.2, 0.25) is 0 Å². The van der Waals surface area contributed by atoms with E-state index >= 15 is 0 Å². The van der Waals surface area contributed by atoms with Gasteiger partial charge in [0.15, 0.2) is 0 Å². The number of esters is 1. The van der Waals surface area contributed by atoms with Gasteiger partial charge in [0.1, 0.15) is 17.5 Å². The van der Waals surface area contributed by atoms with Crippen LogP contribution in [-0.4, -0.2) is 23.7 Å². The summed E-state index contributed by atoms with van der Waals surface area (Å²) in [5.41, 5.74) is 4.91. The van der Waals surface area contributed by atoms with Crippen LogP contribution in [0, 0.1) is 0 Å². The van der Waals surface area contributed by atoms with Gasteiger partial charge >= 0.3 is 11.9 Å². The van der Waals surface area contributed by atoms with E-state index in [1.54, 1.807) is 6.92 Å². The number of anilines is 1. The second-order valence-electron chi connectivity index (χ2n) is 2.42. The number of nitrogen functional groups attached to an aromatic ring is 1. The van der Waals surface area contributed by atoms with Gasteiger partial charge in [0.25, 0.3) is 0 Å². The maximum atomic E-state index is 11.1. The molecule has 0 aliphatic rings. The third-order valence-electron chi connectivity index (χ3n) is 1.52. The van der Waals surface area contributed by atoms with Crippen LogP contribution < -0.4 is 5.73 Å². The zero-order chi connectivity index (χ0) is 10.7. The fraction of sp³-hybridized carbons (Fsp3) is 0.250. The van der Waals surface area contributed by atoms with E-state index in [0.29, 0.717) is 0 Å². The van der Waals surface area contributed by atoms with Crippen LogP contribution in [0.25, 0.3) is 0 Å². The van der Waals surface area contributed by atoms with E-state index < -0.39 is 11.9 Å². The molecule has 1 aromatic heterocycles. The third-order valence-corrected chi connectivity index (χ3v) is 1.52. The number of carboxylic acid groups (broad SMARTS) is 1. The second kappa shape index (κ2) is 3.82. The van der Waals surface area contributed by atoms with Crippen LogP contribution in [-0.2, 0) is 4.74 Å². The molecule has 0 saturated heterocycles. The highest BCUT2D eigenvalue weighted by Gasteiger charge is 2.22. The molecule has 0 aliphatic carbocycles. The quantitative estimate of drug-likeness (QED) is 0.696. The Morgan fingerprint density at radius 2 is 2.29 bits per heavy atom. The zero-order valence-electron chi connectivity index (χ0n) is 7.44. The Hall–Kier alpha value is -1.98. The van der Waals surface area contributed by atoms with Crippen LogP contribution in [0.3, 0.4) is 0 Å². The topological polar surface area (TPSA) is 103 Å². The molecule has 6 heteroatoms. The summed E-state index contributed by atoms with van der Waals surface area (Å²) in [6, 6.07) is 0. The molecular weight excluding hydrogens is 190 g/mol. The lowest BCUT2D eigenvalue weighted by molar-refractivity contribution is 0.0491. The normalized spacial score (nSPS) is 9.79.